The van der Waals surface area contributed by atoms with Gasteiger partial charge in [-0.2, -0.15) is 5.06 Å². The number of esters is 2. The molecular formula is C26H47N2O6+. The fourth-order valence-electron chi connectivity index (χ4n) is 6.62. The van der Waals surface area contributed by atoms with Crippen molar-refractivity contribution in [3.05, 3.63) is 0 Å². The molecule has 8 heteroatoms. The van der Waals surface area contributed by atoms with Gasteiger partial charge in [0.1, 0.15) is 12.2 Å². The number of ether oxygens (including phenoxy) is 2. The zero-order chi connectivity index (χ0) is 25.7. The Morgan fingerprint density at radius 2 is 0.971 bits per heavy atom. The molecular weight excluding hydrogens is 436 g/mol. The monoisotopic (exact) mass is 483 g/mol. The number of rotatable bonds is 4. The highest BCUT2D eigenvalue weighted by atomic mass is 16.6. The normalized spacial score (nSPS) is 32.2. The second kappa shape index (κ2) is 9.34. The van der Waals surface area contributed by atoms with Crippen molar-refractivity contribution in [3.8, 4) is 0 Å². The summed E-state index contributed by atoms with van der Waals surface area (Å²) in [5.74, 6) is -0.714. The van der Waals surface area contributed by atoms with E-state index in [1.165, 1.54) is 5.06 Å². The van der Waals surface area contributed by atoms with Gasteiger partial charge in [-0.3, -0.25) is 9.59 Å². The highest BCUT2D eigenvalue weighted by molar-refractivity contribution is 5.75. The summed E-state index contributed by atoms with van der Waals surface area (Å²) in [4.78, 5) is 25.8. The molecule has 0 aromatic heterocycles. The lowest BCUT2D eigenvalue weighted by Crippen LogP contribution is -2.61. The number of carbonyl (C=O) groups excluding carboxylic acids is 2. The summed E-state index contributed by atoms with van der Waals surface area (Å²) in [6, 6.07) is 0. The fourth-order valence-corrected chi connectivity index (χ4v) is 6.62. The summed E-state index contributed by atoms with van der Waals surface area (Å²) in [5, 5.41) is 21.9. The molecule has 1 aliphatic carbocycles. The van der Waals surface area contributed by atoms with E-state index in [1.54, 1.807) is 5.06 Å². The first-order valence-electron chi connectivity index (χ1n) is 12.9. The number of hydrogen-bond donors (Lipinski definition) is 1. The summed E-state index contributed by atoms with van der Waals surface area (Å²) < 4.78 is 11.8. The zero-order valence-electron chi connectivity index (χ0n) is 22.4. The second-order valence-electron chi connectivity index (χ2n) is 13.4. The van der Waals surface area contributed by atoms with Crippen LogP contribution in [0.3, 0.4) is 0 Å². The summed E-state index contributed by atoms with van der Waals surface area (Å²) >= 11 is 0. The van der Waals surface area contributed by atoms with Crippen molar-refractivity contribution in [1.82, 2.24) is 10.1 Å². The largest absolute Gasteiger partial charge is 0.462 e. The molecule has 0 bridgehead atoms. The van der Waals surface area contributed by atoms with Crippen LogP contribution in [0.5, 0.6) is 0 Å². The summed E-state index contributed by atoms with van der Waals surface area (Å²) in [6.07, 6.45) is 4.58. The molecule has 0 aromatic carbocycles. The average molecular weight is 484 g/mol. The molecule has 0 amide bonds. The minimum atomic E-state index is -0.465. The molecule has 1 saturated carbocycles. The third-order valence-electron chi connectivity index (χ3n) is 8.23. The van der Waals surface area contributed by atoms with E-state index in [9.17, 15) is 14.8 Å². The maximum absolute atomic E-state index is 12.9. The Morgan fingerprint density at radius 3 is 1.29 bits per heavy atom. The molecule has 3 fully saturated rings. The van der Waals surface area contributed by atoms with E-state index in [4.69, 9.17) is 14.7 Å². The first kappa shape index (κ1) is 27.4. The summed E-state index contributed by atoms with van der Waals surface area (Å²) in [6.45, 7) is 15.9. The first-order valence-corrected chi connectivity index (χ1v) is 12.9. The minimum Gasteiger partial charge on any atom is -0.462 e. The zero-order valence-corrected chi connectivity index (χ0v) is 22.4. The maximum atomic E-state index is 12.9. The van der Waals surface area contributed by atoms with Crippen LogP contribution in [0.4, 0.5) is 0 Å². The Balaban J connectivity index is 1.49. The topological polar surface area (TPSA) is 102 Å². The van der Waals surface area contributed by atoms with E-state index >= 15 is 0 Å². The van der Waals surface area contributed by atoms with Crippen molar-refractivity contribution in [2.45, 2.75) is 141 Å². The number of carbonyl (C=O) groups is 2. The van der Waals surface area contributed by atoms with E-state index in [2.05, 4.69) is 0 Å². The van der Waals surface area contributed by atoms with Crippen molar-refractivity contribution in [3.63, 3.8) is 0 Å². The molecule has 3 rings (SSSR count). The Kier molecular flexibility index (Phi) is 7.52. The van der Waals surface area contributed by atoms with E-state index in [0.717, 1.165) is 0 Å². The molecule has 0 unspecified atom stereocenters. The Morgan fingerprint density at radius 1 is 0.676 bits per heavy atom. The lowest BCUT2D eigenvalue weighted by Gasteiger charge is -2.51. The highest BCUT2D eigenvalue weighted by Crippen LogP contribution is 2.40. The average Bonchev–Trinajstić information content (AvgIpc) is 2.69. The second-order valence-corrected chi connectivity index (χ2v) is 13.4. The van der Waals surface area contributed by atoms with Gasteiger partial charge in [-0.25, -0.2) is 0 Å². The molecule has 0 spiro atoms. The Bertz CT molecular complexity index is 669. The summed E-state index contributed by atoms with van der Waals surface area (Å²) in [7, 11) is 0. The van der Waals surface area contributed by atoms with Gasteiger partial charge in [-0.05, 0) is 81.1 Å². The third kappa shape index (κ3) is 5.77. The fraction of sp³-hybridized carbons (Fsp3) is 0.923. The van der Waals surface area contributed by atoms with Crippen LogP contribution in [-0.4, -0.2) is 66.8 Å². The number of nitrogens with zero attached hydrogens (tertiary/aromatic N) is 2. The lowest BCUT2D eigenvalue weighted by atomic mass is 9.79. The molecule has 2 heterocycles. The van der Waals surface area contributed by atoms with Crippen LogP contribution in [-0.2, 0) is 19.1 Å². The quantitative estimate of drug-likeness (QED) is 0.477. The molecule has 8 nitrogen and oxygen atoms in total. The van der Waals surface area contributed by atoms with E-state index in [1.807, 2.05) is 55.4 Å². The van der Waals surface area contributed by atoms with E-state index in [0.29, 0.717) is 51.4 Å². The molecule has 3 aliphatic rings. The van der Waals surface area contributed by atoms with Crippen molar-refractivity contribution in [2.75, 3.05) is 0 Å². The van der Waals surface area contributed by atoms with Gasteiger partial charge >= 0.3 is 11.9 Å². The van der Waals surface area contributed by atoms with Crippen LogP contribution < -0.4 is 0 Å². The highest BCUT2D eigenvalue weighted by Gasteiger charge is 2.50. The van der Waals surface area contributed by atoms with Gasteiger partial charge in [-0.1, -0.05) is 5.06 Å². The predicted molar refractivity (Wildman–Crippen MR) is 129 cm³/mol. The minimum absolute atomic E-state index is 0.166. The van der Waals surface area contributed by atoms with Gasteiger partial charge in [0.15, 0.2) is 0 Å². The lowest BCUT2D eigenvalue weighted by molar-refractivity contribution is -0.260. The Hall–Kier alpha value is -1.22. The Labute approximate surface area is 204 Å². The number of piperidine rings is 2. The number of hydrogen-bond acceptors (Lipinski definition) is 7. The van der Waals surface area contributed by atoms with Crippen molar-refractivity contribution in [1.29, 1.82) is 0 Å². The van der Waals surface area contributed by atoms with Crippen LogP contribution in [0.25, 0.3) is 0 Å². The van der Waals surface area contributed by atoms with Crippen LogP contribution in [0.15, 0.2) is 0 Å². The van der Waals surface area contributed by atoms with Gasteiger partial charge in [0.25, 0.3) is 0 Å². The predicted octanol–water partition coefficient (Wildman–Crippen LogP) is 3.95. The standard InChI is InChI=1S/C26H46N2O6/c1-23(2)13-19(14-24(3,4)27(23)31)33-21(29)17-9-11-18(12-10-17)22(30)34-20-15-25(5,6)28(32)26(7,8)16-20/h17-20,31-32H,9-16H2,1-8H3/p+1. The van der Waals surface area contributed by atoms with E-state index < -0.39 is 11.1 Å². The van der Waals surface area contributed by atoms with E-state index in [-0.39, 0.29) is 47.1 Å². The van der Waals surface area contributed by atoms with Crippen LogP contribution >= 0.6 is 0 Å². The smallest absolute Gasteiger partial charge is 0.309 e. The van der Waals surface area contributed by atoms with Crippen molar-refractivity contribution in [2.24, 2.45) is 11.8 Å². The SMILES string of the molecule is CC1(C)CC(OC(=O)C2CCC(C(=O)OC3CC(C)(C)N([OH2+])C(C)(C)C3)CC2)CC(C)(C)N1O. The van der Waals surface area contributed by atoms with Crippen LogP contribution in [0.1, 0.15) is 107 Å². The molecule has 34 heavy (non-hydrogen) atoms. The van der Waals surface area contributed by atoms with Crippen molar-refractivity contribution < 1.29 is 29.5 Å². The van der Waals surface area contributed by atoms with Gasteiger partial charge in [0.05, 0.1) is 22.9 Å². The molecule has 2 saturated heterocycles. The molecule has 0 atom stereocenters. The first-order chi connectivity index (χ1) is 15.4. The van der Waals surface area contributed by atoms with Gasteiger partial charge in [0, 0.05) is 36.8 Å². The van der Waals surface area contributed by atoms with Gasteiger partial charge in [0.2, 0.25) is 0 Å². The van der Waals surface area contributed by atoms with Crippen LogP contribution in [0, 0.1) is 11.8 Å². The van der Waals surface area contributed by atoms with Gasteiger partial charge < -0.3 is 19.9 Å². The van der Waals surface area contributed by atoms with Crippen LogP contribution in [0.2, 0.25) is 0 Å². The molecule has 3 N–H and O–H groups in total. The maximum Gasteiger partial charge on any atom is 0.309 e. The molecule has 196 valence electrons. The molecule has 2 aliphatic heterocycles. The van der Waals surface area contributed by atoms with Gasteiger partial charge in [-0.15, -0.1) is 0 Å². The van der Waals surface area contributed by atoms with Crippen molar-refractivity contribution >= 4 is 11.9 Å². The third-order valence-corrected chi connectivity index (χ3v) is 8.23. The number of hydroxylamine groups is 4. The molecule has 0 radical (unpaired) electrons. The molecule has 0 aromatic rings. The summed E-state index contributed by atoms with van der Waals surface area (Å²) in [5.41, 5.74) is -1.65.